The highest BCUT2D eigenvalue weighted by Gasteiger charge is 2.36. The minimum atomic E-state index is -1.69. The number of carbonyl (C=O) groups excluding carboxylic acids is 7. The smallest absolute Gasteiger partial charge is 0.326 e. The molecule has 22 nitrogen and oxygen atoms in total. The normalized spacial score (nSPS) is 16.6. The number of carboxylic acids is 3. The van der Waals surface area contributed by atoms with Gasteiger partial charge in [-0.05, 0) is 52.0 Å². The van der Waals surface area contributed by atoms with Crippen LogP contribution in [-0.2, 0) is 47.9 Å². The first-order valence-corrected chi connectivity index (χ1v) is 16.6. The van der Waals surface area contributed by atoms with Gasteiger partial charge in [0.2, 0.25) is 41.4 Å². The molecular formula is C30H49N9O13. The molecule has 1 saturated heterocycles. The highest BCUT2D eigenvalue weighted by atomic mass is 16.4. The van der Waals surface area contributed by atoms with E-state index < -0.39 is 134 Å². The SMILES string of the molecule is C[C@H](NC(=O)CNC(=O)[C@H](CCC(=O)O)NC(=O)[C@H](CCC(=O)O)NC(=O)[C@H](CC(N)=O)NC(=O)[C@@H](N)CCCCN)C(=O)N1CCC[C@H]1C(=O)O. The Labute approximate surface area is 298 Å². The number of nitrogens with one attached hydrogen (secondary N) is 5. The Morgan fingerprint density at radius 3 is 1.81 bits per heavy atom. The fourth-order valence-corrected chi connectivity index (χ4v) is 5.13. The number of aliphatic carboxylic acids is 3. The van der Waals surface area contributed by atoms with Crippen LogP contribution < -0.4 is 43.8 Å². The lowest BCUT2D eigenvalue weighted by atomic mass is 10.1. The van der Waals surface area contributed by atoms with Gasteiger partial charge in [-0.3, -0.25) is 43.2 Å². The van der Waals surface area contributed by atoms with E-state index in [0.29, 0.717) is 25.8 Å². The summed E-state index contributed by atoms with van der Waals surface area (Å²) in [5.74, 6) is -10.6. The molecule has 1 fully saturated rings. The molecule has 1 rings (SSSR count). The summed E-state index contributed by atoms with van der Waals surface area (Å²) in [6, 6.07) is -8.25. The van der Waals surface area contributed by atoms with E-state index in [2.05, 4.69) is 26.6 Å². The minimum absolute atomic E-state index is 0.176. The summed E-state index contributed by atoms with van der Waals surface area (Å²) >= 11 is 0. The van der Waals surface area contributed by atoms with Crippen LogP contribution in [0.4, 0.5) is 0 Å². The average molecular weight is 744 g/mol. The molecular weight excluding hydrogens is 694 g/mol. The first-order valence-electron chi connectivity index (χ1n) is 16.6. The van der Waals surface area contributed by atoms with Crippen molar-refractivity contribution in [1.29, 1.82) is 0 Å². The highest BCUT2D eigenvalue weighted by Crippen LogP contribution is 2.18. The van der Waals surface area contributed by atoms with Crippen LogP contribution in [0.3, 0.4) is 0 Å². The Kier molecular flexibility index (Phi) is 19.3. The van der Waals surface area contributed by atoms with Gasteiger partial charge in [-0.2, -0.15) is 0 Å². The van der Waals surface area contributed by atoms with Crippen LogP contribution in [0.2, 0.25) is 0 Å². The summed E-state index contributed by atoms with van der Waals surface area (Å²) in [7, 11) is 0. The van der Waals surface area contributed by atoms with Crippen LogP contribution in [0.1, 0.15) is 71.1 Å². The second-order valence-corrected chi connectivity index (χ2v) is 12.1. The molecule has 14 N–H and O–H groups in total. The van der Waals surface area contributed by atoms with Crippen LogP contribution >= 0.6 is 0 Å². The maximum atomic E-state index is 13.3. The molecule has 0 radical (unpaired) electrons. The van der Waals surface area contributed by atoms with Crippen LogP contribution in [0, 0.1) is 0 Å². The number of unbranched alkanes of at least 4 members (excludes halogenated alkanes) is 1. The number of nitrogens with two attached hydrogens (primary N) is 3. The van der Waals surface area contributed by atoms with Crippen molar-refractivity contribution in [3.63, 3.8) is 0 Å². The lowest BCUT2D eigenvalue weighted by molar-refractivity contribution is -0.149. The van der Waals surface area contributed by atoms with Gasteiger partial charge in [0.15, 0.2) is 0 Å². The number of hydrogen-bond acceptors (Lipinski definition) is 12. The van der Waals surface area contributed by atoms with Gasteiger partial charge in [0.05, 0.1) is 19.0 Å². The standard InChI is InChI=1S/C30H49N9O13/c1-15(29(50)39-12-4-6-20(39)30(51)52)35-22(41)14-34-26(47)17(7-9-23(42)43)36-27(48)18(8-10-24(44)45)37-28(49)19(13-21(33)40)38-25(46)16(32)5-2-3-11-31/h15-20H,2-14,31-32H2,1H3,(H2,33,40)(H,34,47)(H,35,41)(H,36,48)(H,37,49)(H,38,46)(H,42,43)(H,44,45)(H,51,52)/t15-,16-,17-,18-,19-,20-/m0/s1. The summed E-state index contributed by atoms with van der Waals surface area (Å²) in [5.41, 5.74) is 16.5. The number of carboxylic acid groups (broad SMARTS) is 3. The van der Waals surface area contributed by atoms with E-state index in [4.69, 9.17) is 17.2 Å². The summed E-state index contributed by atoms with van der Waals surface area (Å²) in [5, 5.41) is 38.9. The summed E-state index contributed by atoms with van der Waals surface area (Å²) in [4.78, 5) is 124. The van der Waals surface area contributed by atoms with Crippen molar-refractivity contribution >= 4 is 59.3 Å². The van der Waals surface area contributed by atoms with E-state index in [1.165, 1.54) is 6.92 Å². The molecule has 0 aromatic rings. The zero-order valence-corrected chi connectivity index (χ0v) is 28.8. The second kappa shape index (κ2) is 22.4. The maximum Gasteiger partial charge on any atom is 0.326 e. The number of amides is 7. The number of carbonyl (C=O) groups is 10. The molecule has 22 heteroatoms. The fourth-order valence-electron chi connectivity index (χ4n) is 5.13. The van der Waals surface area contributed by atoms with Gasteiger partial charge < -0.3 is 64.0 Å². The minimum Gasteiger partial charge on any atom is -0.481 e. The van der Waals surface area contributed by atoms with Gasteiger partial charge in [0.1, 0.15) is 30.2 Å². The molecule has 0 aromatic heterocycles. The third kappa shape index (κ3) is 16.1. The number of nitrogens with zero attached hydrogens (tertiary/aromatic N) is 1. The largest absolute Gasteiger partial charge is 0.481 e. The molecule has 1 aliphatic heterocycles. The van der Waals surface area contributed by atoms with Gasteiger partial charge in [-0.25, -0.2) is 4.79 Å². The van der Waals surface area contributed by atoms with E-state index in [-0.39, 0.29) is 19.4 Å². The Morgan fingerprint density at radius 2 is 1.29 bits per heavy atom. The third-order valence-electron chi connectivity index (χ3n) is 7.90. The quantitative estimate of drug-likeness (QED) is 0.0413. The Hall–Kier alpha value is -5.38. The molecule has 1 aliphatic rings. The van der Waals surface area contributed by atoms with Crippen molar-refractivity contribution in [2.45, 2.75) is 107 Å². The van der Waals surface area contributed by atoms with E-state index in [9.17, 15) is 63.3 Å². The Bertz CT molecular complexity index is 1350. The van der Waals surface area contributed by atoms with Crippen molar-refractivity contribution in [1.82, 2.24) is 31.5 Å². The van der Waals surface area contributed by atoms with Crippen LogP contribution in [0.5, 0.6) is 0 Å². The van der Waals surface area contributed by atoms with Crippen LogP contribution in [-0.4, -0.2) is 135 Å². The van der Waals surface area contributed by atoms with Crippen molar-refractivity contribution in [2.24, 2.45) is 17.2 Å². The molecule has 0 aliphatic carbocycles. The molecule has 292 valence electrons. The highest BCUT2D eigenvalue weighted by molar-refractivity contribution is 5.97. The number of rotatable bonds is 24. The zero-order chi connectivity index (χ0) is 39.5. The van der Waals surface area contributed by atoms with E-state index in [0.717, 1.165) is 4.90 Å². The fraction of sp³-hybridized carbons (Fsp3) is 0.667. The van der Waals surface area contributed by atoms with Gasteiger partial charge in [0.25, 0.3) is 0 Å². The lowest BCUT2D eigenvalue weighted by Gasteiger charge is -2.26. The Morgan fingerprint density at radius 1 is 0.750 bits per heavy atom. The van der Waals surface area contributed by atoms with Gasteiger partial charge >= 0.3 is 17.9 Å². The average Bonchev–Trinajstić information content (AvgIpc) is 3.56. The predicted molar refractivity (Wildman–Crippen MR) is 177 cm³/mol. The molecule has 52 heavy (non-hydrogen) atoms. The van der Waals surface area contributed by atoms with Crippen LogP contribution in [0.15, 0.2) is 0 Å². The molecule has 1 heterocycles. The first-order chi connectivity index (χ1) is 24.4. The second-order valence-electron chi connectivity index (χ2n) is 12.1. The van der Waals surface area contributed by atoms with Crippen LogP contribution in [0.25, 0.3) is 0 Å². The molecule has 0 saturated carbocycles. The van der Waals surface area contributed by atoms with Crippen molar-refractivity contribution < 1.29 is 63.3 Å². The first kappa shape index (κ1) is 44.6. The monoisotopic (exact) mass is 743 g/mol. The van der Waals surface area contributed by atoms with Gasteiger partial charge in [0, 0.05) is 19.4 Å². The number of likely N-dealkylation sites (tertiary alicyclic amines) is 1. The lowest BCUT2D eigenvalue weighted by Crippen LogP contribution is -2.58. The van der Waals surface area contributed by atoms with E-state index in [1.54, 1.807) is 0 Å². The molecule has 7 amide bonds. The molecule has 0 bridgehead atoms. The van der Waals surface area contributed by atoms with Gasteiger partial charge in [-0.1, -0.05) is 6.42 Å². The predicted octanol–water partition coefficient (Wildman–Crippen LogP) is -4.80. The summed E-state index contributed by atoms with van der Waals surface area (Å²) in [6.45, 7) is 1.10. The molecule has 0 spiro atoms. The van der Waals surface area contributed by atoms with E-state index >= 15 is 0 Å². The van der Waals surface area contributed by atoms with Gasteiger partial charge in [-0.15, -0.1) is 0 Å². The molecule has 0 unspecified atom stereocenters. The van der Waals surface area contributed by atoms with Crippen molar-refractivity contribution in [3.8, 4) is 0 Å². The molecule has 6 atom stereocenters. The van der Waals surface area contributed by atoms with Crippen molar-refractivity contribution in [2.75, 3.05) is 19.6 Å². The topological polar surface area (TPSA) is 373 Å². The summed E-state index contributed by atoms with van der Waals surface area (Å²) < 4.78 is 0. The Balaban J connectivity index is 3.04. The van der Waals surface area contributed by atoms with E-state index in [1.807, 2.05) is 0 Å². The zero-order valence-electron chi connectivity index (χ0n) is 28.8. The third-order valence-corrected chi connectivity index (χ3v) is 7.90. The number of primary amides is 1. The maximum absolute atomic E-state index is 13.3. The van der Waals surface area contributed by atoms with Crippen molar-refractivity contribution in [3.05, 3.63) is 0 Å². The number of hydrogen-bond donors (Lipinski definition) is 11. The molecule has 0 aromatic carbocycles. The summed E-state index contributed by atoms with van der Waals surface area (Å²) in [6.07, 6.45) is -1.16.